The highest BCUT2D eigenvalue weighted by molar-refractivity contribution is 5.86. The van der Waals surface area contributed by atoms with Gasteiger partial charge in [-0.05, 0) is 43.1 Å². The lowest BCUT2D eigenvalue weighted by Crippen LogP contribution is -2.33. The van der Waals surface area contributed by atoms with Crippen LogP contribution in [0, 0.1) is 11.8 Å². The average Bonchev–Trinajstić information content (AvgIpc) is 2.75. The van der Waals surface area contributed by atoms with E-state index in [-0.39, 0.29) is 6.10 Å². The molecule has 2 nitrogen and oxygen atoms in total. The maximum absolute atomic E-state index is 6.06. The summed E-state index contributed by atoms with van der Waals surface area (Å²) in [6.45, 7) is 6.71. The summed E-state index contributed by atoms with van der Waals surface area (Å²) in [5.74, 6) is 1.05. The van der Waals surface area contributed by atoms with Gasteiger partial charge in [0.15, 0.2) is 0 Å². The zero-order valence-corrected chi connectivity index (χ0v) is 13.3. The van der Waals surface area contributed by atoms with Crippen molar-refractivity contribution in [3.05, 3.63) is 48.0 Å². The van der Waals surface area contributed by atoms with Crippen LogP contribution in [0.2, 0.25) is 0 Å². The number of rotatable bonds is 3. The zero-order chi connectivity index (χ0) is 15.0. The van der Waals surface area contributed by atoms with Crippen molar-refractivity contribution in [1.29, 1.82) is 0 Å². The molecule has 0 aliphatic carbocycles. The van der Waals surface area contributed by atoms with Crippen molar-refractivity contribution in [2.45, 2.75) is 39.0 Å². The van der Waals surface area contributed by atoms with E-state index in [9.17, 15) is 0 Å². The van der Waals surface area contributed by atoms with Gasteiger partial charge in [-0.15, -0.1) is 0 Å². The van der Waals surface area contributed by atoms with Crippen LogP contribution < -0.4 is 5.32 Å². The molecular weight excluding hydrogens is 258 g/mol. The molecule has 0 spiro atoms. The maximum atomic E-state index is 6.06. The van der Waals surface area contributed by atoms with E-state index < -0.39 is 0 Å². The quantitative estimate of drug-likeness (QED) is 0.913. The van der Waals surface area contributed by atoms with Gasteiger partial charge >= 0.3 is 0 Å². The molecule has 112 valence electrons. The second-order valence-electron chi connectivity index (χ2n) is 6.32. The Morgan fingerprint density at radius 2 is 1.67 bits per heavy atom. The molecule has 0 bridgehead atoms. The fourth-order valence-electron chi connectivity index (χ4n) is 3.95. The molecule has 0 radical (unpaired) electrons. The molecule has 1 fully saturated rings. The van der Waals surface area contributed by atoms with Gasteiger partial charge in [0.25, 0.3) is 0 Å². The highest BCUT2D eigenvalue weighted by Crippen LogP contribution is 2.41. The number of hydrogen-bond acceptors (Lipinski definition) is 2. The molecule has 2 heteroatoms. The third-order valence-electron chi connectivity index (χ3n) is 5.17. The van der Waals surface area contributed by atoms with E-state index in [2.05, 4.69) is 75.6 Å². The molecule has 5 unspecified atom stereocenters. The lowest BCUT2D eigenvalue weighted by atomic mass is 9.79. The van der Waals surface area contributed by atoms with Crippen LogP contribution in [-0.4, -0.2) is 19.3 Å². The molecule has 0 saturated carbocycles. The first kappa shape index (κ1) is 14.6. The Kier molecular flexibility index (Phi) is 4.01. The first-order valence-corrected chi connectivity index (χ1v) is 7.94. The van der Waals surface area contributed by atoms with Crippen molar-refractivity contribution in [2.75, 3.05) is 7.05 Å². The number of hydrogen-bond donors (Lipinski definition) is 1. The summed E-state index contributed by atoms with van der Waals surface area (Å²) in [7, 11) is 2.06. The number of ether oxygens (including phenoxy) is 1. The Morgan fingerprint density at radius 1 is 0.952 bits per heavy atom. The third-order valence-corrected chi connectivity index (χ3v) is 5.17. The molecule has 0 amide bonds. The van der Waals surface area contributed by atoms with Gasteiger partial charge in [0.2, 0.25) is 0 Å². The predicted molar refractivity (Wildman–Crippen MR) is 88.4 cm³/mol. The Balaban J connectivity index is 2.07. The Bertz CT molecular complexity index is 618. The summed E-state index contributed by atoms with van der Waals surface area (Å²) in [6.07, 6.45) is 0.613. The second kappa shape index (κ2) is 5.78. The highest BCUT2D eigenvalue weighted by Gasteiger charge is 2.41. The average molecular weight is 283 g/mol. The fraction of sp³-hybridized carbons (Fsp3) is 0.474. The Labute approximate surface area is 127 Å². The van der Waals surface area contributed by atoms with Gasteiger partial charge < -0.3 is 10.1 Å². The normalized spacial score (nSPS) is 30.7. The topological polar surface area (TPSA) is 21.3 Å². The van der Waals surface area contributed by atoms with Gasteiger partial charge in [0, 0.05) is 12.0 Å². The third kappa shape index (κ3) is 2.47. The van der Waals surface area contributed by atoms with E-state index in [0.29, 0.717) is 24.0 Å². The van der Waals surface area contributed by atoms with Crippen LogP contribution in [0.1, 0.15) is 32.4 Å². The summed E-state index contributed by atoms with van der Waals surface area (Å²) >= 11 is 0. The van der Waals surface area contributed by atoms with Crippen molar-refractivity contribution < 1.29 is 4.74 Å². The zero-order valence-electron chi connectivity index (χ0n) is 13.3. The number of benzene rings is 2. The van der Waals surface area contributed by atoms with Crippen LogP contribution in [0.5, 0.6) is 0 Å². The Hall–Kier alpha value is -1.38. The van der Waals surface area contributed by atoms with Crippen molar-refractivity contribution >= 4 is 10.8 Å². The molecule has 1 heterocycles. The SMILES string of the molecule is CNC(c1cccc2ccccc12)C1C(C)OC(C)C1C. The largest absolute Gasteiger partial charge is 0.375 e. The van der Waals surface area contributed by atoms with Gasteiger partial charge in [-0.25, -0.2) is 0 Å². The molecule has 1 saturated heterocycles. The van der Waals surface area contributed by atoms with Gasteiger partial charge in [-0.1, -0.05) is 49.4 Å². The number of fused-ring (bicyclic) bond motifs is 1. The molecular formula is C19H25NO. The van der Waals surface area contributed by atoms with Crippen molar-refractivity contribution in [2.24, 2.45) is 11.8 Å². The molecule has 5 atom stereocenters. The first-order chi connectivity index (χ1) is 10.1. The van der Waals surface area contributed by atoms with Crippen LogP contribution in [0.3, 0.4) is 0 Å². The van der Waals surface area contributed by atoms with Gasteiger partial charge in [0.1, 0.15) is 0 Å². The minimum absolute atomic E-state index is 0.284. The van der Waals surface area contributed by atoms with Crippen molar-refractivity contribution in [3.8, 4) is 0 Å². The minimum Gasteiger partial charge on any atom is -0.375 e. The van der Waals surface area contributed by atoms with Crippen molar-refractivity contribution in [3.63, 3.8) is 0 Å². The molecule has 2 aromatic carbocycles. The second-order valence-corrected chi connectivity index (χ2v) is 6.32. The molecule has 1 aliphatic rings. The van der Waals surface area contributed by atoms with Gasteiger partial charge in [-0.2, -0.15) is 0 Å². The standard InChI is InChI=1S/C19H25NO/c1-12-13(2)21-14(3)18(12)19(20-4)17-11-7-9-15-8-5-6-10-16(15)17/h5-14,18-20H,1-4H3. The smallest absolute Gasteiger partial charge is 0.0600 e. The van der Waals surface area contributed by atoms with Gasteiger partial charge in [0.05, 0.1) is 12.2 Å². The van der Waals surface area contributed by atoms with Crippen molar-refractivity contribution in [1.82, 2.24) is 5.32 Å². The molecule has 1 N–H and O–H groups in total. The van der Waals surface area contributed by atoms with Crippen LogP contribution in [0.15, 0.2) is 42.5 Å². The van der Waals surface area contributed by atoms with Crippen LogP contribution in [0.25, 0.3) is 10.8 Å². The Morgan fingerprint density at radius 3 is 2.33 bits per heavy atom. The van der Waals surface area contributed by atoms with Crippen LogP contribution in [0.4, 0.5) is 0 Å². The lowest BCUT2D eigenvalue weighted by molar-refractivity contribution is 0.0478. The summed E-state index contributed by atoms with van der Waals surface area (Å²) in [5.41, 5.74) is 1.39. The molecule has 21 heavy (non-hydrogen) atoms. The fourth-order valence-corrected chi connectivity index (χ4v) is 3.95. The number of nitrogens with one attached hydrogen (secondary N) is 1. The first-order valence-electron chi connectivity index (χ1n) is 7.94. The lowest BCUT2D eigenvalue weighted by Gasteiger charge is -2.30. The van der Waals surface area contributed by atoms with Gasteiger partial charge in [-0.3, -0.25) is 0 Å². The minimum atomic E-state index is 0.284. The monoisotopic (exact) mass is 283 g/mol. The van der Waals surface area contributed by atoms with E-state index in [0.717, 1.165) is 0 Å². The van der Waals surface area contributed by atoms with E-state index in [4.69, 9.17) is 4.74 Å². The summed E-state index contributed by atoms with van der Waals surface area (Å²) < 4.78 is 6.06. The summed E-state index contributed by atoms with van der Waals surface area (Å²) in [5, 5.41) is 6.21. The molecule has 2 aromatic rings. The summed E-state index contributed by atoms with van der Waals surface area (Å²) in [6, 6.07) is 15.6. The molecule has 0 aromatic heterocycles. The van der Waals surface area contributed by atoms with E-state index >= 15 is 0 Å². The van der Waals surface area contributed by atoms with Crippen LogP contribution >= 0.6 is 0 Å². The van der Waals surface area contributed by atoms with Crippen LogP contribution in [-0.2, 0) is 4.74 Å². The highest BCUT2D eigenvalue weighted by atomic mass is 16.5. The van der Waals surface area contributed by atoms with E-state index in [1.807, 2.05) is 0 Å². The predicted octanol–water partition coefficient (Wildman–Crippen LogP) is 4.16. The summed E-state index contributed by atoms with van der Waals surface area (Å²) in [4.78, 5) is 0. The van der Waals surface area contributed by atoms with E-state index in [1.165, 1.54) is 16.3 Å². The molecule has 3 rings (SSSR count). The maximum Gasteiger partial charge on any atom is 0.0600 e. The van der Waals surface area contributed by atoms with E-state index in [1.54, 1.807) is 0 Å². The molecule has 1 aliphatic heterocycles.